The van der Waals surface area contributed by atoms with Gasteiger partial charge in [0.25, 0.3) is 5.91 Å². The summed E-state index contributed by atoms with van der Waals surface area (Å²) in [5.41, 5.74) is 10.0. The van der Waals surface area contributed by atoms with Gasteiger partial charge in [-0.2, -0.15) is 11.3 Å². The lowest BCUT2D eigenvalue weighted by molar-refractivity contribution is 0.0956. The van der Waals surface area contributed by atoms with E-state index in [0.29, 0.717) is 17.1 Å². The Morgan fingerprint density at radius 3 is 2.81 bits per heavy atom. The van der Waals surface area contributed by atoms with Gasteiger partial charge in [-0.25, -0.2) is 4.98 Å². The summed E-state index contributed by atoms with van der Waals surface area (Å²) in [4.78, 5) is 18.0. The predicted molar refractivity (Wildman–Crippen MR) is 89.0 cm³/mol. The molecule has 3 rings (SSSR count). The second-order valence-electron chi connectivity index (χ2n) is 4.92. The van der Waals surface area contributed by atoms with Crippen LogP contribution >= 0.6 is 22.7 Å². The van der Waals surface area contributed by atoms with E-state index in [1.54, 1.807) is 17.5 Å². The van der Waals surface area contributed by atoms with Gasteiger partial charge < -0.3 is 11.1 Å². The molecular formula is C15H15N3OS2. The summed E-state index contributed by atoms with van der Waals surface area (Å²) in [5.74, 6) is -0.138. The van der Waals surface area contributed by atoms with Crippen molar-refractivity contribution >= 4 is 44.5 Å². The first kappa shape index (κ1) is 14.0. The first-order valence-electron chi connectivity index (χ1n) is 6.51. The van der Waals surface area contributed by atoms with Gasteiger partial charge in [0.2, 0.25) is 0 Å². The van der Waals surface area contributed by atoms with Crippen LogP contribution in [0.15, 0.2) is 23.0 Å². The summed E-state index contributed by atoms with van der Waals surface area (Å²) >= 11 is 2.98. The number of thiophene rings is 2. The molecule has 108 valence electrons. The fourth-order valence-electron chi connectivity index (χ4n) is 2.20. The fraction of sp³-hybridized carbons (Fsp3) is 0.200. The maximum absolute atomic E-state index is 12.3. The zero-order valence-electron chi connectivity index (χ0n) is 11.8. The number of nitrogen functional groups attached to an aromatic ring is 1. The second kappa shape index (κ2) is 5.46. The number of pyridine rings is 1. The molecule has 3 N–H and O–H groups in total. The van der Waals surface area contributed by atoms with Crippen molar-refractivity contribution in [3.05, 3.63) is 44.6 Å². The molecule has 0 fully saturated rings. The number of carbonyl (C=O) groups is 1. The summed E-state index contributed by atoms with van der Waals surface area (Å²) in [5, 5.41) is 7.95. The quantitative estimate of drug-likeness (QED) is 0.777. The molecule has 0 aliphatic heterocycles. The van der Waals surface area contributed by atoms with Gasteiger partial charge >= 0.3 is 0 Å². The van der Waals surface area contributed by atoms with Crippen LogP contribution in [0.3, 0.4) is 0 Å². The van der Waals surface area contributed by atoms with Crippen LogP contribution in [-0.4, -0.2) is 10.9 Å². The SMILES string of the molecule is Cc1cscc1CNC(=O)c1sc2nccc(C)c2c1N. The Labute approximate surface area is 130 Å². The standard InChI is InChI=1S/C15H15N3OS2/c1-8-3-4-17-15-11(8)12(16)13(21-15)14(19)18-5-10-7-20-6-9(10)2/h3-4,6-7H,5,16H2,1-2H3,(H,18,19). The van der Waals surface area contributed by atoms with Crippen molar-refractivity contribution in [1.82, 2.24) is 10.3 Å². The van der Waals surface area contributed by atoms with E-state index in [0.717, 1.165) is 21.3 Å². The molecule has 3 aromatic heterocycles. The molecule has 0 aliphatic rings. The monoisotopic (exact) mass is 317 g/mol. The van der Waals surface area contributed by atoms with Crippen LogP contribution in [0, 0.1) is 13.8 Å². The molecule has 0 aliphatic carbocycles. The van der Waals surface area contributed by atoms with E-state index in [9.17, 15) is 4.79 Å². The maximum atomic E-state index is 12.3. The summed E-state index contributed by atoms with van der Waals surface area (Å²) in [7, 11) is 0. The minimum Gasteiger partial charge on any atom is -0.397 e. The van der Waals surface area contributed by atoms with Gasteiger partial charge in [0.05, 0.1) is 5.69 Å². The first-order chi connectivity index (χ1) is 10.1. The van der Waals surface area contributed by atoms with Crippen molar-refractivity contribution in [2.45, 2.75) is 20.4 Å². The van der Waals surface area contributed by atoms with Crippen molar-refractivity contribution in [1.29, 1.82) is 0 Å². The third kappa shape index (κ3) is 2.52. The van der Waals surface area contributed by atoms with Crippen LogP contribution in [0.25, 0.3) is 10.2 Å². The number of fused-ring (bicyclic) bond motifs is 1. The number of nitrogens with two attached hydrogens (primary N) is 1. The second-order valence-corrected chi connectivity index (χ2v) is 6.66. The molecule has 6 heteroatoms. The Bertz CT molecular complexity index is 820. The van der Waals surface area contributed by atoms with Crippen molar-refractivity contribution < 1.29 is 4.79 Å². The van der Waals surface area contributed by atoms with Crippen LogP contribution in [0.5, 0.6) is 0 Å². The molecule has 21 heavy (non-hydrogen) atoms. The number of aromatic nitrogens is 1. The van der Waals surface area contributed by atoms with E-state index in [1.807, 2.05) is 19.9 Å². The van der Waals surface area contributed by atoms with Gasteiger partial charge in [0.15, 0.2) is 0 Å². The molecule has 0 atom stereocenters. The fourth-order valence-corrected chi connectivity index (χ4v) is 4.11. The largest absolute Gasteiger partial charge is 0.397 e. The normalized spacial score (nSPS) is 11.0. The van der Waals surface area contributed by atoms with E-state index < -0.39 is 0 Å². The lowest BCUT2D eigenvalue weighted by atomic mass is 10.1. The summed E-state index contributed by atoms with van der Waals surface area (Å²) in [6, 6.07) is 1.90. The Morgan fingerprint density at radius 2 is 2.14 bits per heavy atom. The zero-order chi connectivity index (χ0) is 15.0. The number of nitrogens with one attached hydrogen (secondary N) is 1. The number of hydrogen-bond donors (Lipinski definition) is 2. The third-order valence-corrected chi connectivity index (χ3v) is 5.47. The van der Waals surface area contributed by atoms with Crippen LogP contribution in [0.1, 0.15) is 26.4 Å². The summed E-state index contributed by atoms with van der Waals surface area (Å²) in [6.07, 6.45) is 1.74. The summed E-state index contributed by atoms with van der Waals surface area (Å²) < 4.78 is 0. The number of nitrogens with zero attached hydrogens (tertiary/aromatic N) is 1. The molecule has 1 amide bonds. The van der Waals surface area contributed by atoms with E-state index >= 15 is 0 Å². The lowest BCUT2D eigenvalue weighted by Crippen LogP contribution is -2.22. The zero-order valence-corrected chi connectivity index (χ0v) is 13.4. The smallest absolute Gasteiger partial charge is 0.263 e. The van der Waals surface area contributed by atoms with E-state index in [2.05, 4.69) is 21.1 Å². The predicted octanol–water partition coefficient (Wildman–Crippen LogP) is 3.49. The van der Waals surface area contributed by atoms with Gasteiger partial charge in [-0.05, 0) is 47.4 Å². The van der Waals surface area contributed by atoms with E-state index in [-0.39, 0.29) is 5.91 Å². The van der Waals surface area contributed by atoms with Crippen molar-refractivity contribution in [3.63, 3.8) is 0 Å². The highest BCUT2D eigenvalue weighted by molar-refractivity contribution is 7.21. The highest BCUT2D eigenvalue weighted by Crippen LogP contribution is 2.34. The minimum atomic E-state index is -0.138. The van der Waals surface area contributed by atoms with Gasteiger partial charge in [-0.3, -0.25) is 4.79 Å². The topological polar surface area (TPSA) is 68.0 Å². The number of amides is 1. The van der Waals surface area contributed by atoms with Crippen LogP contribution in [-0.2, 0) is 6.54 Å². The molecule has 0 bridgehead atoms. The molecule has 3 aromatic rings. The van der Waals surface area contributed by atoms with Gasteiger partial charge in [-0.15, -0.1) is 11.3 Å². The molecule has 0 saturated carbocycles. The molecule has 4 nitrogen and oxygen atoms in total. The number of carbonyl (C=O) groups excluding carboxylic acids is 1. The lowest BCUT2D eigenvalue weighted by Gasteiger charge is -2.04. The third-order valence-electron chi connectivity index (χ3n) is 3.44. The number of rotatable bonds is 3. The van der Waals surface area contributed by atoms with Crippen molar-refractivity contribution in [2.75, 3.05) is 5.73 Å². The van der Waals surface area contributed by atoms with Crippen LogP contribution in [0.2, 0.25) is 0 Å². The van der Waals surface area contributed by atoms with Gasteiger partial charge in [0.1, 0.15) is 9.71 Å². The van der Waals surface area contributed by atoms with Crippen LogP contribution in [0.4, 0.5) is 5.69 Å². The molecule has 0 radical (unpaired) electrons. The Balaban J connectivity index is 1.87. The van der Waals surface area contributed by atoms with Gasteiger partial charge in [0, 0.05) is 18.1 Å². The Kier molecular flexibility index (Phi) is 3.65. The molecule has 3 heterocycles. The Hall–Kier alpha value is -1.92. The highest BCUT2D eigenvalue weighted by atomic mass is 32.1. The maximum Gasteiger partial charge on any atom is 0.263 e. The van der Waals surface area contributed by atoms with Crippen molar-refractivity contribution in [2.24, 2.45) is 0 Å². The van der Waals surface area contributed by atoms with E-state index in [4.69, 9.17) is 5.73 Å². The number of hydrogen-bond acceptors (Lipinski definition) is 5. The molecular weight excluding hydrogens is 302 g/mol. The Morgan fingerprint density at radius 1 is 1.33 bits per heavy atom. The number of anilines is 1. The molecule has 0 spiro atoms. The average molecular weight is 317 g/mol. The summed E-state index contributed by atoms with van der Waals surface area (Å²) in [6.45, 7) is 4.54. The molecule has 0 saturated heterocycles. The first-order valence-corrected chi connectivity index (χ1v) is 8.27. The molecule has 0 aromatic carbocycles. The van der Waals surface area contributed by atoms with Crippen molar-refractivity contribution in [3.8, 4) is 0 Å². The van der Waals surface area contributed by atoms with Crippen LogP contribution < -0.4 is 11.1 Å². The number of aryl methyl sites for hydroxylation is 2. The molecule has 0 unspecified atom stereocenters. The van der Waals surface area contributed by atoms with Gasteiger partial charge in [-0.1, -0.05) is 0 Å². The van der Waals surface area contributed by atoms with E-state index in [1.165, 1.54) is 16.9 Å². The highest BCUT2D eigenvalue weighted by Gasteiger charge is 2.18. The minimum absolute atomic E-state index is 0.138. The average Bonchev–Trinajstić information content (AvgIpc) is 3.01.